The number of furan rings is 1. The average molecular weight is 333 g/mol. The highest BCUT2D eigenvalue weighted by molar-refractivity contribution is 5.91. The van der Waals surface area contributed by atoms with Crippen LogP contribution in [0.15, 0.2) is 27.8 Å². The maximum absolute atomic E-state index is 12.3. The molecule has 1 atom stereocenters. The van der Waals surface area contributed by atoms with Crippen LogP contribution in [0.3, 0.4) is 0 Å². The molecule has 0 aromatic carbocycles. The van der Waals surface area contributed by atoms with Crippen LogP contribution in [0.2, 0.25) is 0 Å². The van der Waals surface area contributed by atoms with Gasteiger partial charge in [0.1, 0.15) is 0 Å². The Labute approximate surface area is 143 Å². The minimum absolute atomic E-state index is 0.0309. The van der Waals surface area contributed by atoms with Crippen LogP contribution in [0.4, 0.5) is 0 Å². The third-order valence-electron chi connectivity index (χ3n) is 4.85. The summed E-state index contributed by atoms with van der Waals surface area (Å²) >= 11 is 0. The fourth-order valence-electron chi connectivity index (χ4n) is 3.44. The molecule has 1 aromatic rings. The summed E-state index contributed by atoms with van der Waals surface area (Å²) in [5.41, 5.74) is 0. The van der Waals surface area contributed by atoms with Crippen LogP contribution in [-0.4, -0.2) is 86.5 Å². The maximum Gasteiger partial charge on any atom is 0.289 e. The third kappa shape index (κ3) is 3.90. The van der Waals surface area contributed by atoms with Gasteiger partial charge in [0, 0.05) is 46.3 Å². The molecule has 0 radical (unpaired) electrons. The number of amides is 1. The van der Waals surface area contributed by atoms with E-state index in [4.69, 9.17) is 4.42 Å². The van der Waals surface area contributed by atoms with E-state index in [-0.39, 0.29) is 5.91 Å². The van der Waals surface area contributed by atoms with Crippen molar-refractivity contribution in [3.63, 3.8) is 0 Å². The summed E-state index contributed by atoms with van der Waals surface area (Å²) in [6, 6.07) is 3.46. The molecule has 24 heavy (non-hydrogen) atoms. The molecule has 7 heteroatoms. The Morgan fingerprint density at radius 1 is 1.29 bits per heavy atom. The number of guanidine groups is 1. The van der Waals surface area contributed by atoms with Gasteiger partial charge in [-0.1, -0.05) is 0 Å². The van der Waals surface area contributed by atoms with E-state index in [9.17, 15) is 4.79 Å². The van der Waals surface area contributed by atoms with Crippen molar-refractivity contribution < 1.29 is 9.21 Å². The molecule has 0 bridgehead atoms. The van der Waals surface area contributed by atoms with Crippen LogP contribution in [0.1, 0.15) is 17.0 Å². The molecule has 1 aromatic heterocycles. The van der Waals surface area contributed by atoms with Crippen molar-refractivity contribution in [3.05, 3.63) is 24.2 Å². The van der Waals surface area contributed by atoms with Crippen molar-refractivity contribution in [1.82, 2.24) is 20.0 Å². The van der Waals surface area contributed by atoms with Gasteiger partial charge in [-0.25, -0.2) is 0 Å². The van der Waals surface area contributed by atoms with Crippen LogP contribution < -0.4 is 5.32 Å². The topological polar surface area (TPSA) is 64.3 Å². The van der Waals surface area contributed by atoms with E-state index in [1.807, 2.05) is 11.9 Å². The molecule has 1 N–H and O–H groups in total. The lowest BCUT2D eigenvalue weighted by Gasteiger charge is -2.36. The zero-order chi connectivity index (χ0) is 16.9. The molecule has 132 valence electrons. The van der Waals surface area contributed by atoms with E-state index in [0.29, 0.717) is 24.8 Å². The van der Waals surface area contributed by atoms with Crippen LogP contribution >= 0.6 is 0 Å². The average Bonchev–Trinajstić information content (AvgIpc) is 3.27. The standard InChI is InChI=1S/C17H27N5O2/c1-18-17(19-12-14-5-6-20(2)13-14)22-9-7-21(8-10-22)16(23)15-4-3-11-24-15/h3-4,11,14H,5-10,12-13H2,1-2H3,(H,18,19). The fraction of sp³-hybridized carbons (Fsp3) is 0.647. The first-order valence-corrected chi connectivity index (χ1v) is 8.64. The summed E-state index contributed by atoms with van der Waals surface area (Å²) < 4.78 is 5.20. The molecule has 1 amide bonds. The number of likely N-dealkylation sites (tertiary alicyclic amines) is 1. The summed E-state index contributed by atoms with van der Waals surface area (Å²) in [4.78, 5) is 23.1. The molecule has 3 rings (SSSR count). The Morgan fingerprint density at radius 3 is 2.62 bits per heavy atom. The van der Waals surface area contributed by atoms with E-state index in [0.717, 1.165) is 32.1 Å². The largest absolute Gasteiger partial charge is 0.459 e. The summed E-state index contributed by atoms with van der Waals surface area (Å²) in [6.45, 7) is 6.24. The lowest BCUT2D eigenvalue weighted by molar-refractivity contribution is 0.0657. The summed E-state index contributed by atoms with van der Waals surface area (Å²) in [7, 11) is 3.99. The molecule has 7 nitrogen and oxygen atoms in total. The molecule has 2 aliphatic rings. The molecule has 2 fully saturated rings. The zero-order valence-electron chi connectivity index (χ0n) is 14.6. The highest BCUT2D eigenvalue weighted by Crippen LogP contribution is 2.13. The van der Waals surface area contributed by atoms with Gasteiger partial charge in [0.05, 0.1) is 6.26 Å². The van der Waals surface area contributed by atoms with Gasteiger partial charge in [-0.3, -0.25) is 9.79 Å². The molecule has 2 aliphatic heterocycles. The third-order valence-corrected chi connectivity index (χ3v) is 4.85. The van der Waals surface area contributed by atoms with Gasteiger partial charge in [-0.2, -0.15) is 0 Å². The number of nitrogens with zero attached hydrogens (tertiary/aromatic N) is 4. The number of piperazine rings is 1. The molecule has 0 aliphatic carbocycles. The minimum atomic E-state index is -0.0309. The fourth-order valence-corrected chi connectivity index (χ4v) is 3.44. The smallest absolute Gasteiger partial charge is 0.289 e. The van der Waals surface area contributed by atoms with Crippen molar-refractivity contribution in [3.8, 4) is 0 Å². The quantitative estimate of drug-likeness (QED) is 0.647. The number of carbonyl (C=O) groups excluding carboxylic acids is 1. The van der Waals surface area contributed by atoms with Crippen molar-refractivity contribution >= 4 is 11.9 Å². The van der Waals surface area contributed by atoms with E-state index in [1.165, 1.54) is 19.2 Å². The lowest BCUT2D eigenvalue weighted by atomic mass is 10.1. The van der Waals surface area contributed by atoms with Gasteiger partial charge in [0.25, 0.3) is 5.91 Å². The molecule has 2 saturated heterocycles. The Bertz CT molecular complexity index is 564. The minimum Gasteiger partial charge on any atom is -0.459 e. The number of carbonyl (C=O) groups is 1. The number of aliphatic imine (C=N–C) groups is 1. The predicted molar refractivity (Wildman–Crippen MR) is 93.2 cm³/mol. The first-order chi connectivity index (χ1) is 11.7. The molecular weight excluding hydrogens is 306 g/mol. The Kier molecular flexibility index (Phi) is 5.40. The van der Waals surface area contributed by atoms with E-state index in [2.05, 4.69) is 27.2 Å². The lowest BCUT2D eigenvalue weighted by Crippen LogP contribution is -2.54. The van der Waals surface area contributed by atoms with E-state index in [1.54, 1.807) is 12.1 Å². The van der Waals surface area contributed by atoms with Gasteiger partial charge < -0.3 is 24.4 Å². The van der Waals surface area contributed by atoms with Crippen LogP contribution in [-0.2, 0) is 0 Å². The predicted octanol–water partition coefficient (Wildman–Crippen LogP) is 0.565. The van der Waals surface area contributed by atoms with Crippen molar-refractivity contribution in [2.24, 2.45) is 10.9 Å². The SMILES string of the molecule is CN=C(NCC1CCN(C)C1)N1CCN(C(=O)c2ccco2)CC1. The first-order valence-electron chi connectivity index (χ1n) is 8.64. The van der Waals surface area contributed by atoms with Crippen molar-refractivity contribution in [1.29, 1.82) is 0 Å². The molecule has 1 unspecified atom stereocenters. The van der Waals surface area contributed by atoms with E-state index < -0.39 is 0 Å². The van der Waals surface area contributed by atoms with Gasteiger partial charge in [0.2, 0.25) is 0 Å². The Balaban J connectivity index is 1.47. The highest BCUT2D eigenvalue weighted by atomic mass is 16.3. The second kappa shape index (κ2) is 7.70. The van der Waals surface area contributed by atoms with Gasteiger partial charge in [-0.05, 0) is 38.1 Å². The number of hydrogen-bond donors (Lipinski definition) is 1. The van der Waals surface area contributed by atoms with Crippen LogP contribution in [0.5, 0.6) is 0 Å². The van der Waals surface area contributed by atoms with Crippen molar-refractivity contribution in [2.75, 3.05) is 59.9 Å². The van der Waals surface area contributed by atoms with E-state index >= 15 is 0 Å². The summed E-state index contributed by atoms with van der Waals surface area (Å²) in [5, 5.41) is 3.50. The first kappa shape index (κ1) is 16.8. The Hall–Kier alpha value is -2.02. The second-order valence-corrected chi connectivity index (χ2v) is 6.60. The summed E-state index contributed by atoms with van der Waals surface area (Å²) in [5.74, 6) is 2.01. The number of hydrogen-bond acceptors (Lipinski definition) is 4. The monoisotopic (exact) mass is 333 g/mol. The normalized spacial score (nSPS) is 22.9. The molecule has 0 saturated carbocycles. The summed E-state index contributed by atoms with van der Waals surface area (Å²) in [6.07, 6.45) is 2.78. The molecule has 0 spiro atoms. The number of nitrogens with one attached hydrogen (secondary N) is 1. The maximum atomic E-state index is 12.3. The Morgan fingerprint density at radius 2 is 2.04 bits per heavy atom. The zero-order valence-corrected chi connectivity index (χ0v) is 14.6. The van der Waals surface area contributed by atoms with Gasteiger partial charge in [0.15, 0.2) is 11.7 Å². The van der Waals surface area contributed by atoms with Crippen LogP contribution in [0, 0.1) is 5.92 Å². The second-order valence-electron chi connectivity index (χ2n) is 6.60. The molecule has 3 heterocycles. The van der Waals surface area contributed by atoms with Gasteiger partial charge in [-0.15, -0.1) is 0 Å². The number of rotatable bonds is 3. The highest BCUT2D eigenvalue weighted by Gasteiger charge is 2.26. The molecular formula is C17H27N5O2. The van der Waals surface area contributed by atoms with Crippen LogP contribution in [0.25, 0.3) is 0 Å². The van der Waals surface area contributed by atoms with Gasteiger partial charge >= 0.3 is 0 Å². The van der Waals surface area contributed by atoms with Crippen molar-refractivity contribution in [2.45, 2.75) is 6.42 Å².